The van der Waals surface area contributed by atoms with Crippen molar-refractivity contribution in [3.05, 3.63) is 41.1 Å². The number of nitrogens with two attached hydrogens (primary N) is 1. The van der Waals surface area contributed by atoms with Crippen LogP contribution in [-0.4, -0.2) is 23.7 Å². The first-order chi connectivity index (χ1) is 10.1. The molecular formula is C15H17Cl2N3O2. The number of benzene rings is 1. The van der Waals surface area contributed by atoms with Gasteiger partial charge in [0.1, 0.15) is 5.69 Å². The summed E-state index contributed by atoms with van der Waals surface area (Å²) in [4.78, 5) is 12.0. The molecule has 1 aliphatic rings. The van der Waals surface area contributed by atoms with Crippen molar-refractivity contribution in [2.75, 3.05) is 6.54 Å². The molecule has 1 fully saturated rings. The zero-order chi connectivity index (χ0) is 14.8. The molecule has 0 radical (unpaired) electrons. The number of nitrogens with zero attached hydrogens (tertiary/aromatic N) is 1. The van der Waals surface area contributed by atoms with Gasteiger partial charge in [0, 0.05) is 29.2 Å². The lowest BCUT2D eigenvalue weighted by Crippen LogP contribution is -2.38. The van der Waals surface area contributed by atoms with E-state index >= 15 is 0 Å². The molecule has 1 atom stereocenters. The van der Waals surface area contributed by atoms with Crippen LogP contribution in [0.4, 0.5) is 0 Å². The van der Waals surface area contributed by atoms with Crippen LogP contribution in [0, 0.1) is 5.92 Å². The molecule has 7 heteroatoms. The molecule has 1 aromatic heterocycles. The summed E-state index contributed by atoms with van der Waals surface area (Å²) in [6.07, 6.45) is 2.30. The number of aromatic nitrogens is 1. The average molecular weight is 342 g/mol. The normalized spacial score (nSPS) is 15.0. The smallest absolute Gasteiger partial charge is 0.289 e. The highest BCUT2D eigenvalue weighted by atomic mass is 35.5. The lowest BCUT2D eigenvalue weighted by atomic mass is 10.1. The van der Waals surface area contributed by atoms with Gasteiger partial charge in [-0.2, -0.15) is 0 Å². The SMILES string of the molecule is Cl.NC(CNC(=O)c1cc(-c2cccc(Cl)c2)no1)C1CC1. The van der Waals surface area contributed by atoms with E-state index in [1.54, 1.807) is 18.2 Å². The largest absolute Gasteiger partial charge is 0.350 e. The molecule has 2 aromatic rings. The van der Waals surface area contributed by atoms with Gasteiger partial charge < -0.3 is 15.6 Å². The summed E-state index contributed by atoms with van der Waals surface area (Å²) >= 11 is 5.93. The van der Waals surface area contributed by atoms with Crippen LogP contribution < -0.4 is 11.1 Å². The molecule has 1 unspecified atom stereocenters. The van der Waals surface area contributed by atoms with Crippen LogP contribution in [0.3, 0.4) is 0 Å². The van der Waals surface area contributed by atoms with Crippen LogP contribution in [0.2, 0.25) is 5.02 Å². The number of carbonyl (C=O) groups is 1. The molecule has 5 nitrogen and oxygen atoms in total. The predicted octanol–water partition coefficient (Wildman–Crippen LogP) is 2.88. The van der Waals surface area contributed by atoms with Crippen molar-refractivity contribution in [2.24, 2.45) is 11.7 Å². The minimum Gasteiger partial charge on any atom is -0.350 e. The van der Waals surface area contributed by atoms with Crippen molar-refractivity contribution in [1.82, 2.24) is 10.5 Å². The van der Waals surface area contributed by atoms with Crippen LogP contribution in [0.5, 0.6) is 0 Å². The molecule has 1 aliphatic carbocycles. The van der Waals surface area contributed by atoms with Gasteiger partial charge in [0.2, 0.25) is 5.76 Å². The van der Waals surface area contributed by atoms with Crippen molar-refractivity contribution >= 4 is 29.9 Å². The molecule has 0 bridgehead atoms. The molecule has 3 rings (SSSR count). The maximum absolute atomic E-state index is 12.0. The first-order valence-corrected chi connectivity index (χ1v) is 7.28. The van der Waals surface area contributed by atoms with Crippen molar-refractivity contribution in [3.8, 4) is 11.3 Å². The summed E-state index contributed by atoms with van der Waals surface area (Å²) in [5, 5.41) is 7.28. The summed E-state index contributed by atoms with van der Waals surface area (Å²) in [5.74, 6) is 0.418. The molecule has 118 valence electrons. The number of hydrogen-bond donors (Lipinski definition) is 2. The Bertz CT molecular complexity index is 656. The molecule has 3 N–H and O–H groups in total. The molecule has 0 saturated heterocycles. The molecule has 0 spiro atoms. The third kappa shape index (κ3) is 4.00. The predicted molar refractivity (Wildman–Crippen MR) is 87.2 cm³/mol. The summed E-state index contributed by atoms with van der Waals surface area (Å²) in [6.45, 7) is 0.455. The van der Waals surface area contributed by atoms with Crippen LogP contribution in [-0.2, 0) is 0 Å². The number of carbonyl (C=O) groups excluding carboxylic acids is 1. The Kier molecular flexibility index (Phi) is 5.45. The molecule has 22 heavy (non-hydrogen) atoms. The highest BCUT2D eigenvalue weighted by molar-refractivity contribution is 6.30. The molecule has 1 amide bonds. The quantitative estimate of drug-likeness (QED) is 0.875. The summed E-state index contributed by atoms with van der Waals surface area (Å²) in [6, 6.07) is 8.84. The van der Waals surface area contributed by atoms with E-state index in [1.807, 2.05) is 12.1 Å². The van der Waals surface area contributed by atoms with E-state index in [9.17, 15) is 4.79 Å². The third-order valence-corrected chi connectivity index (χ3v) is 3.82. The third-order valence-electron chi connectivity index (χ3n) is 3.58. The Morgan fingerprint density at radius 3 is 2.91 bits per heavy atom. The van der Waals surface area contributed by atoms with E-state index in [0.717, 1.165) is 18.4 Å². The summed E-state index contributed by atoms with van der Waals surface area (Å²) < 4.78 is 5.08. The van der Waals surface area contributed by atoms with Gasteiger partial charge in [-0.1, -0.05) is 28.9 Å². The number of amides is 1. The first kappa shape index (κ1) is 16.8. The van der Waals surface area contributed by atoms with Gasteiger partial charge in [-0.05, 0) is 30.9 Å². The fourth-order valence-corrected chi connectivity index (χ4v) is 2.35. The minimum absolute atomic E-state index is 0. The van der Waals surface area contributed by atoms with Crippen molar-refractivity contribution in [1.29, 1.82) is 0 Å². The Balaban J connectivity index is 0.00000176. The summed E-state index contributed by atoms with van der Waals surface area (Å²) in [5.41, 5.74) is 7.33. The minimum atomic E-state index is -0.299. The van der Waals surface area contributed by atoms with E-state index in [4.69, 9.17) is 21.9 Å². The monoisotopic (exact) mass is 341 g/mol. The second kappa shape index (κ2) is 7.13. The number of rotatable bonds is 5. The van der Waals surface area contributed by atoms with Gasteiger partial charge in [0.15, 0.2) is 0 Å². The molecule has 1 aromatic carbocycles. The van der Waals surface area contributed by atoms with E-state index in [0.29, 0.717) is 23.2 Å². The highest BCUT2D eigenvalue weighted by Gasteiger charge is 2.28. The second-order valence-electron chi connectivity index (χ2n) is 5.30. The maximum Gasteiger partial charge on any atom is 0.289 e. The van der Waals surface area contributed by atoms with Crippen LogP contribution in [0.1, 0.15) is 23.4 Å². The van der Waals surface area contributed by atoms with Crippen molar-refractivity contribution in [3.63, 3.8) is 0 Å². The Morgan fingerprint density at radius 1 is 1.45 bits per heavy atom. The summed E-state index contributed by atoms with van der Waals surface area (Å²) in [7, 11) is 0. The molecule has 0 aliphatic heterocycles. The van der Waals surface area contributed by atoms with E-state index in [1.165, 1.54) is 0 Å². The van der Waals surface area contributed by atoms with Gasteiger partial charge >= 0.3 is 0 Å². The van der Waals surface area contributed by atoms with Crippen LogP contribution in [0.25, 0.3) is 11.3 Å². The fourth-order valence-electron chi connectivity index (χ4n) is 2.15. The average Bonchev–Trinajstić information content (AvgIpc) is 3.21. The molecular weight excluding hydrogens is 325 g/mol. The Morgan fingerprint density at radius 2 is 2.23 bits per heavy atom. The topological polar surface area (TPSA) is 81.1 Å². The molecule has 1 saturated carbocycles. The number of hydrogen-bond acceptors (Lipinski definition) is 4. The van der Waals surface area contributed by atoms with Gasteiger partial charge in [0.25, 0.3) is 5.91 Å². The standard InChI is InChI=1S/C15H16ClN3O2.ClH/c16-11-3-1-2-10(6-11)13-7-14(21-19-13)15(20)18-8-12(17)9-4-5-9;/h1-3,6-7,9,12H,4-5,8,17H2,(H,18,20);1H. The van der Waals surface area contributed by atoms with E-state index in [2.05, 4.69) is 10.5 Å². The van der Waals surface area contributed by atoms with E-state index < -0.39 is 0 Å². The lowest BCUT2D eigenvalue weighted by Gasteiger charge is -2.09. The Labute approximate surface area is 139 Å². The second-order valence-corrected chi connectivity index (χ2v) is 5.73. The zero-order valence-electron chi connectivity index (χ0n) is 11.8. The zero-order valence-corrected chi connectivity index (χ0v) is 13.4. The van der Waals surface area contributed by atoms with Gasteiger partial charge in [-0.15, -0.1) is 12.4 Å². The lowest BCUT2D eigenvalue weighted by molar-refractivity contribution is 0.0913. The number of nitrogens with one attached hydrogen (secondary N) is 1. The highest BCUT2D eigenvalue weighted by Crippen LogP contribution is 2.31. The van der Waals surface area contributed by atoms with Gasteiger partial charge in [-0.25, -0.2) is 0 Å². The van der Waals surface area contributed by atoms with Crippen LogP contribution in [0.15, 0.2) is 34.9 Å². The van der Waals surface area contributed by atoms with Crippen molar-refractivity contribution in [2.45, 2.75) is 18.9 Å². The van der Waals surface area contributed by atoms with Gasteiger partial charge in [0.05, 0.1) is 0 Å². The van der Waals surface area contributed by atoms with Crippen molar-refractivity contribution < 1.29 is 9.32 Å². The number of halogens is 2. The van der Waals surface area contributed by atoms with Crippen LogP contribution >= 0.6 is 24.0 Å². The Hall–Kier alpha value is -1.56. The molecule has 1 heterocycles. The maximum atomic E-state index is 12.0. The van der Waals surface area contributed by atoms with E-state index in [-0.39, 0.29) is 30.1 Å². The first-order valence-electron chi connectivity index (χ1n) is 6.90. The fraction of sp³-hybridized carbons (Fsp3) is 0.333. The van der Waals surface area contributed by atoms with Gasteiger partial charge in [-0.3, -0.25) is 4.79 Å².